The van der Waals surface area contributed by atoms with Crippen LogP contribution >= 0.6 is 0 Å². The Balaban J connectivity index is 2.23. The average Bonchev–Trinajstić information content (AvgIpc) is 2.46. The fourth-order valence-corrected chi connectivity index (χ4v) is 1.86. The van der Waals surface area contributed by atoms with E-state index in [-0.39, 0.29) is 11.5 Å². The third kappa shape index (κ3) is 3.31. The number of aryl methyl sites for hydroxylation is 2. The highest BCUT2D eigenvalue weighted by Gasteiger charge is 2.14. The standard InChI is InChI=1S/C14H15FN4O2/c1-3-10-11(4-2)18-19-14(16-10)17-13(21)9-6-5-8(15)7-12(9)20/h5-7,20H,3-4H2,1-2H3,(H,16,17,19,21). The van der Waals surface area contributed by atoms with Crippen molar-refractivity contribution >= 4 is 11.9 Å². The largest absolute Gasteiger partial charge is 0.507 e. The molecule has 0 bridgehead atoms. The lowest BCUT2D eigenvalue weighted by molar-refractivity contribution is 0.102. The third-order valence-corrected chi connectivity index (χ3v) is 2.94. The summed E-state index contributed by atoms with van der Waals surface area (Å²) in [6.45, 7) is 3.88. The van der Waals surface area contributed by atoms with Gasteiger partial charge in [0.2, 0.25) is 5.95 Å². The van der Waals surface area contributed by atoms with Gasteiger partial charge in [0.05, 0.1) is 17.0 Å². The molecule has 2 rings (SSSR count). The van der Waals surface area contributed by atoms with Gasteiger partial charge in [-0.25, -0.2) is 9.37 Å². The van der Waals surface area contributed by atoms with Crippen molar-refractivity contribution in [3.05, 3.63) is 41.0 Å². The number of phenols is 1. The van der Waals surface area contributed by atoms with Crippen LogP contribution in [0.3, 0.4) is 0 Å². The van der Waals surface area contributed by atoms with Crippen LogP contribution in [0, 0.1) is 5.82 Å². The summed E-state index contributed by atoms with van der Waals surface area (Å²) in [5.41, 5.74) is 1.48. The lowest BCUT2D eigenvalue weighted by Crippen LogP contribution is -2.16. The van der Waals surface area contributed by atoms with Crippen LogP contribution in [0.4, 0.5) is 10.3 Å². The summed E-state index contributed by atoms with van der Waals surface area (Å²) in [7, 11) is 0. The second kappa shape index (κ2) is 6.25. The maximum atomic E-state index is 12.9. The SMILES string of the molecule is CCc1nnc(NC(=O)c2ccc(F)cc2O)nc1CC. The fourth-order valence-electron chi connectivity index (χ4n) is 1.86. The van der Waals surface area contributed by atoms with Crippen molar-refractivity contribution in [2.45, 2.75) is 26.7 Å². The summed E-state index contributed by atoms with van der Waals surface area (Å²) in [5.74, 6) is -1.64. The van der Waals surface area contributed by atoms with Crippen LogP contribution in [0.5, 0.6) is 5.75 Å². The molecule has 0 atom stereocenters. The first-order valence-electron chi connectivity index (χ1n) is 6.57. The molecule has 0 aliphatic carbocycles. The molecule has 2 N–H and O–H groups in total. The molecular formula is C14H15FN4O2. The van der Waals surface area contributed by atoms with E-state index in [2.05, 4.69) is 20.5 Å². The zero-order valence-corrected chi connectivity index (χ0v) is 11.7. The Morgan fingerprint density at radius 1 is 1.24 bits per heavy atom. The molecule has 0 saturated heterocycles. The number of nitrogens with one attached hydrogen (secondary N) is 1. The Hall–Kier alpha value is -2.57. The number of halogens is 1. The van der Waals surface area contributed by atoms with Crippen molar-refractivity contribution < 1.29 is 14.3 Å². The Morgan fingerprint density at radius 2 is 1.95 bits per heavy atom. The minimum atomic E-state index is -0.624. The van der Waals surface area contributed by atoms with Crippen LogP contribution in [-0.2, 0) is 12.8 Å². The van der Waals surface area contributed by atoms with E-state index >= 15 is 0 Å². The van der Waals surface area contributed by atoms with E-state index in [1.165, 1.54) is 6.07 Å². The number of hydrogen-bond acceptors (Lipinski definition) is 5. The minimum Gasteiger partial charge on any atom is -0.507 e. The number of aromatic nitrogens is 3. The zero-order valence-electron chi connectivity index (χ0n) is 11.7. The highest BCUT2D eigenvalue weighted by atomic mass is 19.1. The number of hydrogen-bond donors (Lipinski definition) is 2. The van der Waals surface area contributed by atoms with Gasteiger partial charge in [-0.3, -0.25) is 10.1 Å². The number of carbonyl (C=O) groups is 1. The summed E-state index contributed by atoms with van der Waals surface area (Å²) in [5, 5.41) is 19.8. The summed E-state index contributed by atoms with van der Waals surface area (Å²) in [6.07, 6.45) is 1.37. The molecule has 21 heavy (non-hydrogen) atoms. The second-order valence-corrected chi connectivity index (χ2v) is 4.35. The molecule has 0 aliphatic rings. The van der Waals surface area contributed by atoms with Gasteiger partial charge in [-0.15, -0.1) is 10.2 Å². The van der Waals surface area contributed by atoms with Gasteiger partial charge in [0, 0.05) is 6.07 Å². The van der Waals surface area contributed by atoms with E-state index in [1.54, 1.807) is 0 Å². The molecule has 6 nitrogen and oxygen atoms in total. The van der Waals surface area contributed by atoms with Gasteiger partial charge in [-0.1, -0.05) is 13.8 Å². The van der Waals surface area contributed by atoms with Gasteiger partial charge in [0.1, 0.15) is 11.6 Å². The Bertz CT molecular complexity index is 676. The third-order valence-electron chi connectivity index (χ3n) is 2.94. The lowest BCUT2D eigenvalue weighted by Gasteiger charge is -2.08. The van der Waals surface area contributed by atoms with Crippen molar-refractivity contribution in [2.24, 2.45) is 0 Å². The molecule has 2 aromatic rings. The van der Waals surface area contributed by atoms with Crippen molar-refractivity contribution in [1.29, 1.82) is 0 Å². The predicted molar refractivity (Wildman–Crippen MR) is 74.6 cm³/mol. The first-order valence-corrected chi connectivity index (χ1v) is 6.57. The Morgan fingerprint density at radius 3 is 2.57 bits per heavy atom. The number of nitrogens with zero attached hydrogens (tertiary/aromatic N) is 3. The lowest BCUT2D eigenvalue weighted by atomic mass is 10.2. The number of aromatic hydroxyl groups is 1. The molecule has 7 heteroatoms. The number of rotatable bonds is 4. The maximum absolute atomic E-state index is 12.9. The molecule has 1 aromatic heterocycles. The van der Waals surface area contributed by atoms with Crippen LogP contribution in [0.1, 0.15) is 35.6 Å². The van der Waals surface area contributed by atoms with Crippen LogP contribution in [0.2, 0.25) is 0 Å². The number of phenolic OH excluding ortho intramolecular Hbond substituents is 1. The van der Waals surface area contributed by atoms with Gasteiger partial charge < -0.3 is 5.11 Å². The topological polar surface area (TPSA) is 88.0 Å². The van der Waals surface area contributed by atoms with Gasteiger partial charge in [-0.05, 0) is 25.0 Å². The molecule has 1 amide bonds. The smallest absolute Gasteiger partial charge is 0.261 e. The molecule has 0 aliphatic heterocycles. The number of amides is 1. The van der Waals surface area contributed by atoms with E-state index in [0.29, 0.717) is 12.8 Å². The summed E-state index contributed by atoms with van der Waals surface area (Å²) < 4.78 is 12.9. The first-order chi connectivity index (χ1) is 10.0. The molecular weight excluding hydrogens is 275 g/mol. The van der Waals surface area contributed by atoms with E-state index < -0.39 is 17.5 Å². The number of benzene rings is 1. The van der Waals surface area contributed by atoms with Crippen molar-refractivity contribution in [2.75, 3.05) is 5.32 Å². The summed E-state index contributed by atoms with van der Waals surface area (Å²) >= 11 is 0. The molecule has 0 unspecified atom stereocenters. The number of anilines is 1. The van der Waals surface area contributed by atoms with Crippen LogP contribution < -0.4 is 5.32 Å². The normalized spacial score (nSPS) is 10.4. The monoisotopic (exact) mass is 290 g/mol. The highest BCUT2D eigenvalue weighted by Crippen LogP contribution is 2.19. The predicted octanol–water partition coefficient (Wildman–Crippen LogP) is 2.09. The fraction of sp³-hybridized carbons (Fsp3) is 0.286. The number of carbonyl (C=O) groups excluding carboxylic acids is 1. The van der Waals surface area contributed by atoms with E-state index in [9.17, 15) is 14.3 Å². The van der Waals surface area contributed by atoms with Crippen molar-refractivity contribution in [3.8, 4) is 5.75 Å². The van der Waals surface area contributed by atoms with Crippen LogP contribution in [-0.4, -0.2) is 26.2 Å². The van der Waals surface area contributed by atoms with Crippen LogP contribution in [0.15, 0.2) is 18.2 Å². The second-order valence-electron chi connectivity index (χ2n) is 4.35. The van der Waals surface area contributed by atoms with Gasteiger partial charge in [0.25, 0.3) is 5.91 Å². The Labute approximate surface area is 121 Å². The molecule has 110 valence electrons. The Kier molecular flexibility index (Phi) is 4.42. The molecule has 1 aromatic carbocycles. The summed E-state index contributed by atoms with van der Waals surface area (Å²) in [6, 6.07) is 3.14. The van der Waals surface area contributed by atoms with E-state index in [0.717, 1.165) is 23.5 Å². The molecule has 0 fully saturated rings. The molecule has 0 spiro atoms. The highest BCUT2D eigenvalue weighted by molar-refractivity contribution is 6.05. The van der Waals surface area contributed by atoms with E-state index in [1.807, 2.05) is 13.8 Å². The quantitative estimate of drug-likeness (QED) is 0.900. The van der Waals surface area contributed by atoms with Gasteiger partial charge in [0.15, 0.2) is 0 Å². The maximum Gasteiger partial charge on any atom is 0.261 e. The molecule has 0 saturated carbocycles. The van der Waals surface area contributed by atoms with Crippen molar-refractivity contribution in [3.63, 3.8) is 0 Å². The average molecular weight is 290 g/mol. The van der Waals surface area contributed by atoms with Gasteiger partial charge in [-0.2, -0.15) is 0 Å². The van der Waals surface area contributed by atoms with E-state index in [4.69, 9.17) is 0 Å². The summed E-state index contributed by atoms with van der Waals surface area (Å²) in [4.78, 5) is 16.2. The first kappa shape index (κ1) is 14.8. The zero-order chi connectivity index (χ0) is 15.4. The minimum absolute atomic E-state index is 0.0535. The van der Waals surface area contributed by atoms with Crippen LogP contribution in [0.25, 0.3) is 0 Å². The molecule has 0 radical (unpaired) electrons. The van der Waals surface area contributed by atoms with Gasteiger partial charge >= 0.3 is 0 Å². The molecule has 1 heterocycles. The van der Waals surface area contributed by atoms with Crippen molar-refractivity contribution in [1.82, 2.24) is 15.2 Å².